The van der Waals surface area contributed by atoms with Crippen molar-refractivity contribution in [1.82, 2.24) is 4.90 Å². The molecule has 0 heterocycles. The predicted molar refractivity (Wildman–Crippen MR) is 72.7 cm³/mol. The van der Waals surface area contributed by atoms with E-state index in [1.807, 2.05) is 32.2 Å². The first-order chi connectivity index (χ1) is 7.50. The number of halogens is 3. The SMILES string of the molecule is CC(Cl)CCN(C)Cc1c(Cl)cccc1Cl. The molecule has 1 aromatic rings. The fourth-order valence-corrected chi connectivity index (χ4v) is 2.05. The lowest BCUT2D eigenvalue weighted by atomic mass is 10.2. The van der Waals surface area contributed by atoms with E-state index in [0.29, 0.717) is 0 Å². The van der Waals surface area contributed by atoms with Gasteiger partial charge in [-0.2, -0.15) is 0 Å². The van der Waals surface area contributed by atoms with Crippen molar-refractivity contribution in [1.29, 1.82) is 0 Å². The summed E-state index contributed by atoms with van der Waals surface area (Å²) >= 11 is 18.1. The van der Waals surface area contributed by atoms with Crippen LogP contribution in [-0.2, 0) is 6.54 Å². The van der Waals surface area contributed by atoms with Gasteiger partial charge in [0.2, 0.25) is 0 Å². The van der Waals surface area contributed by atoms with Crippen LogP contribution in [0.25, 0.3) is 0 Å². The summed E-state index contributed by atoms with van der Waals surface area (Å²) in [6.07, 6.45) is 0.958. The molecule has 4 heteroatoms. The van der Waals surface area contributed by atoms with Gasteiger partial charge in [0, 0.05) is 27.5 Å². The van der Waals surface area contributed by atoms with Crippen molar-refractivity contribution in [2.24, 2.45) is 0 Å². The van der Waals surface area contributed by atoms with Crippen LogP contribution in [0.3, 0.4) is 0 Å². The van der Waals surface area contributed by atoms with E-state index in [1.54, 1.807) is 0 Å². The molecule has 0 fully saturated rings. The summed E-state index contributed by atoms with van der Waals surface area (Å²) < 4.78 is 0. The van der Waals surface area contributed by atoms with E-state index >= 15 is 0 Å². The summed E-state index contributed by atoms with van der Waals surface area (Å²) in [5, 5.41) is 1.64. The number of rotatable bonds is 5. The van der Waals surface area contributed by atoms with Crippen molar-refractivity contribution in [3.8, 4) is 0 Å². The van der Waals surface area contributed by atoms with Crippen molar-refractivity contribution in [2.45, 2.75) is 25.3 Å². The Kier molecular flexibility index (Phi) is 5.91. The Labute approximate surface area is 112 Å². The molecule has 0 aliphatic heterocycles. The summed E-state index contributed by atoms with van der Waals surface area (Å²) in [6, 6.07) is 5.58. The average molecular weight is 281 g/mol. The number of benzene rings is 1. The molecule has 1 aromatic carbocycles. The minimum absolute atomic E-state index is 0.198. The highest BCUT2D eigenvalue weighted by atomic mass is 35.5. The highest BCUT2D eigenvalue weighted by molar-refractivity contribution is 6.35. The Hall–Kier alpha value is 0.0500. The van der Waals surface area contributed by atoms with Crippen LogP contribution in [0.2, 0.25) is 10.0 Å². The first-order valence-corrected chi connectivity index (χ1v) is 6.45. The number of nitrogens with zero attached hydrogens (tertiary/aromatic N) is 1. The van der Waals surface area contributed by atoms with Gasteiger partial charge in [0.05, 0.1) is 0 Å². The van der Waals surface area contributed by atoms with E-state index in [2.05, 4.69) is 4.90 Å². The third kappa shape index (κ3) is 4.50. The summed E-state index contributed by atoms with van der Waals surface area (Å²) in [7, 11) is 2.04. The second kappa shape index (κ2) is 6.70. The third-order valence-electron chi connectivity index (χ3n) is 2.40. The maximum Gasteiger partial charge on any atom is 0.0465 e. The molecule has 0 aliphatic carbocycles. The summed E-state index contributed by atoms with van der Waals surface area (Å²) in [6.45, 7) is 3.69. The molecule has 0 bridgehead atoms. The van der Waals surface area contributed by atoms with Crippen molar-refractivity contribution < 1.29 is 0 Å². The van der Waals surface area contributed by atoms with E-state index in [0.717, 1.165) is 35.1 Å². The van der Waals surface area contributed by atoms with Crippen molar-refractivity contribution >= 4 is 34.8 Å². The van der Waals surface area contributed by atoms with Crippen LogP contribution in [-0.4, -0.2) is 23.9 Å². The van der Waals surface area contributed by atoms with Gasteiger partial charge < -0.3 is 4.90 Å². The van der Waals surface area contributed by atoms with E-state index in [4.69, 9.17) is 34.8 Å². The molecule has 0 saturated heterocycles. The van der Waals surface area contributed by atoms with Crippen LogP contribution in [0.4, 0.5) is 0 Å². The quantitative estimate of drug-likeness (QED) is 0.721. The Morgan fingerprint density at radius 3 is 2.31 bits per heavy atom. The van der Waals surface area contributed by atoms with Gasteiger partial charge in [-0.1, -0.05) is 29.3 Å². The molecule has 90 valence electrons. The molecular weight excluding hydrogens is 264 g/mol. The molecular formula is C12H16Cl3N. The Morgan fingerprint density at radius 1 is 1.25 bits per heavy atom. The Bertz CT molecular complexity index is 319. The fraction of sp³-hybridized carbons (Fsp3) is 0.500. The van der Waals surface area contributed by atoms with E-state index in [1.165, 1.54) is 0 Å². The Morgan fingerprint density at radius 2 is 1.81 bits per heavy atom. The Balaban J connectivity index is 2.59. The third-order valence-corrected chi connectivity index (χ3v) is 3.32. The van der Waals surface area contributed by atoms with Gasteiger partial charge in [0.15, 0.2) is 0 Å². The molecule has 0 amide bonds. The minimum atomic E-state index is 0.198. The van der Waals surface area contributed by atoms with Crippen molar-refractivity contribution in [2.75, 3.05) is 13.6 Å². The largest absolute Gasteiger partial charge is 0.302 e. The van der Waals surface area contributed by atoms with E-state index in [9.17, 15) is 0 Å². The number of alkyl halides is 1. The first-order valence-electron chi connectivity index (χ1n) is 5.26. The lowest BCUT2D eigenvalue weighted by Crippen LogP contribution is -2.21. The molecule has 0 aliphatic rings. The van der Waals surface area contributed by atoms with Crippen molar-refractivity contribution in [3.63, 3.8) is 0 Å². The van der Waals surface area contributed by atoms with E-state index < -0.39 is 0 Å². The molecule has 0 N–H and O–H groups in total. The highest BCUT2D eigenvalue weighted by Gasteiger charge is 2.09. The van der Waals surface area contributed by atoms with Gasteiger partial charge in [-0.05, 0) is 39.1 Å². The number of hydrogen-bond acceptors (Lipinski definition) is 1. The van der Waals surface area contributed by atoms with Crippen LogP contribution >= 0.6 is 34.8 Å². The zero-order valence-corrected chi connectivity index (χ0v) is 11.8. The maximum absolute atomic E-state index is 6.10. The molecule has 1 unspecified atom stereocenters. The zero-order chi connectivity index (χ0) is 12.1. The van der Waals surface area contributed by atoms with Gasteiger partial charge >= 0.3 is 0 Å². The molecule has 16 heavy (non-hydrogen) atoms. The second-order valence-corrected chi connectivity index (χ2v) is 5.57. The molecule has 1 nitrogen and oxygen atoms in total. The van der Waals surface area contributed by atoms with Crippen LogP contribution in [0.1, 0.15) is 18.9 Å². The lowest BCUT2D eigenvalue weighted by Gasteiger charge is -2.18. The fourth-order valence-electron chi connectivity index (χ4n) is 1.43. The minimum Gasteiger partial charge on any atom is -0.302 e. The molecule has 0 saturated carbocycles. The van der Waals surface area contributed by atoms with Gasteiger partial charge in [0.1, 0.15) is 0 Å². The lowest BCUT2D eigenvalue weighted by molar-refractivity contribution is 0.322. The van der Waals surface area contributed by atoms with Gasteiger partial charge in [0.25, 0.3) is 0 Å². The summed E-state index contributed by atoms with van der Waals surface area (Å²) in [5.41, 5.74) is 0.982. The van der Waals surface area contributed by atoms with Gasteiger partial charge in [-0.15, -0.1) is 11.6 Å². The molecule has 1 rings (SSSR count). The molecule has 1 atom stereocenters. The smallest absolute Gasteiger partial charge is 0.0465 e. The maximum atomic E-state index is 6.10. The first kappa shape index (κ1) is 14.1. The van der Waals surface area contributed by atoms with Crippen LogP contribution in [0.5, 0.6) is 0 Å². The van der Waals surface area contributed by atoms with E-state index in [-0.39, 0.29) is 5.38 Å². The highest BCUT2D eigenvalue weighted by Crippen LogP contribution is 2.25. The monoisotopic (exact) mass is 279 g/mol. The topological polar surface area (TPSA) is 3.24 Å². The molecule has 0 radical (unpaired) electrons. The van der Waals surface area contributed by atoms with Gasteiger partial charge in [-0.25, -0.2) is 0 Å². The van der Waals surface area contributed by atoms with Crippen LogP contribution in [0, 0.1) is 0 Å². The predicted octanol–water partition coefficient (Wildman–Crippen LogP) is 4.44. The zero-order valence-electron chi connectivity index (χ0n) is 9.51. The molecule has 0 aromatic heterocycles. The summed E-state index contributed by atoms with van der Waals surface area (Å²) in [5.74, 6) is 0. The van der Waals surface area contributed by atoms with Crippen molar-refractivity contribution in [3.05, 3.63) is 33.8 Å². The van der Waals surface area contributed by atoms with Crippen LogP contribution < -0.4 is 0 Å². The normalized spacial score (nSPS) is 13.1. The standard InChI is InChI=1S/C12H16Cl3N/c1-9(13)6-7-16(2)8-10-11(14)4-3-5-12(10)15/h3-5,9H,6-8H2,1-2H3. The van der Waals surface area contributed by atoms with Crippen LogP contribution in [0.15, 0.2) is 18.2 Å². The second-order valence-electron chi connectivity index (χ2n) is 4.01. The average Bonchev–Trinajstić information content (AvgIpc) is 2.21. The number of hydrogen-bond donors (Lipinski definition) is 0. The van der Waals surface area contributed by atoms with Gasteiger partial charge in [-0.3, -0.25) is 0 Å². The molecule has 0 spiro atoms. The summed E-state index contributed by atoms with van der Waals surface area (Å²) in [4.78, 5) is 2.17.